The first-order valence-corrected chi connectivity index (χ1v) is 8.27. The summed E-state index contributed by atoms with van der Waals surface area (Å²) in [6.07, 6.45) is 4.70. The number of hydrogen-bond acceptors (Lipinski definition) is 5. The van der Waals surface area contributed by atoms with Gasteiger partial charge in [0.25, 0.3) is 0 Å². The highest BCUT2D eigenvalue weighted by atomic mass is 16.6. The fraction of sp³-hybridized carbons (Fsp3) is 0.750. The van der Waals surface area contributed by atoms with Gasteiger partial charge in [-0.25, -0.2) is 4.98 Å². The maximum Gasteiger partial charge on any atom is 0.245 e. The Bertz CT molecular complexity index is 537. The van der Waals surface area contributed by atoms with E-state index < -0.39 is 0 Å². The SMILES string of the molecule is CNC(=O)COC1COC2(CCN(Cc3nc[nH]c3C)CC2)C1. The predicted octanol–water partition coefficient (Wildman–Crippen LogP) is 0.604. The Morgan fingerprint density at radius 3 is 3.00 bits per heavy atom. The standard InChI is InChI=1S/C16H26N4O3/c1-12-14(19-11-18-12)8-20-5-3-16(4-6-20)7-13(9-23-16)22-10-15(21)17-2/h11,13H,3-10H2,1-2H3,(H,17,21)(H,18,19). The Balaban J connectivity index is 1.45. The molecule has 2 saturated heterocycles. The van der Waals surface area contributed by atoms with Crippen LogP contribution in [-0.4, -0.2) is 65.8 Å². The van der Waals surface area contributed by atoms with Crippen LogP contribution >= 0.6 is 0 Å². The molecule has 1 spiro atoms. The third kappa shape index (κ3) is 3.91. The van der Waals surface area contributed by atoms with E-state index in [1.165, 1.54) is 0 Å². The number of nitrogens with zero attached hydrogens (tertiary/aromatic N) is 2. The summed E-state index contributed by atoms with van der Waals surface area (Å²) in [6.45, 7) is 5.67. The topological polar surface area (TPSA) is 79.5 Å². The van der Waals surface area contributed by atoms with Crippen LogP contribution in [0.5, 0.6) is 0 Å². The number of rotatable bonds is 5. The van der Waals surface area contributed by atoms with E-state index in [-0.39, 0.29) is 24.2 Å². The summed E-state index contributed by atoms with van der Waals surface area (Å²) in [5.41, 5.74) is 2.20. The molecule has 0 aromatic carbocycles. The van der Waals surface area contributed by atoms with Crippen LogP contribution in [0.2, 0.25) is 0 Å². The maximum absolute atomic E-state index is 11.3. The molecule has 0 radical (unpaired) electrons. The van der Waals surface area contributed by atoms with E-state index in [2.05, 4.69) is 27.1 Å². The average Bonchev–Trinajstić information content (AvgIpc) is 3.15. The van der Waals surface area contributed by atoms with Crippen molar-refractivity contribution < 1.29 is 14.3 Å². The molecule has 0 bridgehead atoms. The van der Waals surface area contributed by atoms with Crippen LogP contribution in [0.25, 0.3) is 0 Å². The molecule has 0 aliphatic carbocycles. The fourth-order valence-corrected chi connectivity index (χ4v) is 3.40. The number of aromatic nitrogens is 2. The van der Waals surface area contributed by atoms with E-state index in [0.29, 0.717) is 6.61 Å². The highest BCUT2D eigenvalue weighted by Gasteiger charge is 2.43. The van der Waals surface area contributed by atoms with Gasteiger partial charge < -0.3 is 19.8 Å². The Morgan fingerprint density at radius 2 is 2.35 bits per heavy atom. The Kier molecular flexibility index (Phi) is 4.99. The van der Waals surface area contributed by atoms with Gasteiger partial charge in [-0.1, -0.05) is 0 Å². The number of H-pyrrole nitrogens is 1. The van der Waals surface area contributed by atoms with E-state index in [9.17, 15) is 4.79 Å². The van der Waals surface area contributed by atoms with Gasteiger partial charge in [-0.05, 0) is 19.8 Å². The van der Waals surface area contributed by atoms with E-state index in [0.717, 1.165) is 50.3 Å². The van der Waals surface area contributed by atoms with E-state index >= 15 is 0 Å². The van der Waals surface area contributed by atoms with Gasteiger partial charge in [0.15, 0.2) is 0 Å². The third-order valence-electron chi connectivity index (χ3n) is 4.98. The molecule has 7 heteroatoms. The van der Waals surface area contributed by atoms with Gasteiger partial charge in [-0.2, -0.15) is 0 Å². The van der Waals surface area contributed by atoms with Crippen molar-refractivity contribution in [1.29, 1.82) is 0 Å². The van der Waals surface area contributed by atoms with E-state index in [1.807, 2.05) is 0 Å². The number of aromatic amines is 1. The minimum atomic E-state index is -0.0878. The molecular weight excluding hydrogens is 296 g/mol. The zero-order chi connectivity index (χ0) is 16.3. The highest BCUT2D eigenvalue weighted by Crippen LogP contribution is 2.37. The summed E-state index contributed by atoms with van der Waals surface area (Å²) in [6, 6.07) is 0. The van der Waals surface area contributed by atoms with Gasteiger partial charge in [0.1, 0.15) is 6.61 Å². The minimum Gasteiger partial charge on any atom is -0.372 e. The molecule has 3 heterocycles. The number of likely N-dealkylation sites (tertiary alicyclic amines) is 1. The van der Waals surface area contributed by atoms with Crippen molar-refractivity contribution in [2.75, 3.05) is 33.4 Å². The van der Waals surface area contributed by atoms with Crippen LogP contribution in [0.15, 0.2) is 6.33 Å². The summed E-state index contributed by atoms with van der Waals surface area (Å²) in [4.78, 5) is 21.2. The number of ether oxygens (including phenoxy) is 2. The second-order valence-electron chi connectivity index (χ2n) is 6.55. The molecule has 2 fully saturated rings. The van der Waals surface area contributed by atoms with Crippen LogP contribution < -0.4 is 5.32 Å². The van der Waals surface area contributed by atoms with Crippen molar-refractivity contribution in [2.24, 2.45) is 0 Å². The first-order valence-electron chi connectivity index (χ1n) is 8.27. The van der Waals surface area contributed by atoms with Gasteiger partial charge in [0.2, 0.25) is 5.91 Å². The summed E-state index contributed by atoms with van der Waals surface area (Å²) < 4.78 is 11.7. The molecule has 2 aliphatic heterocycles. The molecule has 7 nitrogen and oxygen atoms in total. The maximum atomic E-state index is 11.3. The summed E-state index contributed by atoms with van der Waals surface area (Å²) in [7, 11) is 1.62. The summed E-state index contributed by atoms with van der Waals surface area (Å²) >= 11 is 0. The monoisotopic (exact) mass is 322 g/mol. The fourth-order valence-electron chi connectivity index (χ4n) is 3.40. The lowest BCUT2D eigenvalue weighted by molar-refractivity contribution is -0.127. The van der Waals surface area contributed by atoms with Gasteiger partial charge in [-0.3, -0.25) is 9.69 Å². The first-order chi connectivity index (χ1) is 11.1. The van der Waals surface area contributed by atoms with Crippen LogP contribution in [0.3, 0.4) is 0 Å². The molecule has 1 amide bonds. The summed E-state index contributed by atoms with van der Waals surface area (Å²) in [5.74, 6) is -0.0878. The molecular formula is C16H26N4O3. The minimum absolute atomic E-state index is 0.0347. The predicted molar refractivity (Wildman–Crippen MR) is 84.9 cm³/mol. The number of likely N-dealkylation sites (N-methyl/N-ethyl adjacent to an activating group) is 1. The lowest BCUT2D eigenvalue weighted by Crippen LogP contribution is -2.44. The van der Waals surface area contributed by atoms with Crippen LogP contribution in [0.1, 0.15) is 30.7 Å². The van der Waals surface area contributed by atoms with Gasteiger partial charge in [0.05, 0.1) is 30.3 Å². The van der Waals surface area contributed by atoms with Crippen molar-refractivity contribution in [3.05, 3.63) is 17.7 Å². The molecule has 1 aromatic heterocycles. The number of carbonyl (C=O) groups is 1. The van der Waals surface area contributed by atoms with Crippen molar-refractivity contribution >= 4 is 5.91 Å². The van der Waals surface area contributed by atoms with Gasteiger partial charge >= 0.3 is 0 Å². The van der Waals surface area contributed by atoms with E-state index in [1.54, 1.807) is 13.4 Å². The molecule has 2 aliphatic rings. The van der Waals surface area contributed by atoms with Crippen molar-refractivity contribution in [3.8, 4) is 0 Å². The average molecular weight is 322 g/mol. The largest absolute Gasteiger partial charge is 0.372 e. The second kappa shape index (κ2) is 6.98. The molecule has 1 unspecified atom stereocenters. The zero-order valence-electron chi connectivity index (χ0n) is 13.9. The van der Waals surface area contributed by atoms with Gasteiger partial charge in [0, 0.05) is 38.8 Å². The number of aryl methyl sites for hydroxylation is 1. The molecule has 128 valence electrons. The van der Waals surface area contributed by atoms with Gasteiger partial charge in [-0.15, -0.1) is 0 Å². The normalized spacial score (nSPS) is 24.2. The lowest BCUT2D eigenvalue weighted by Gasteiger charge is -2.38. The van der Waals surface area contributed by atoms with Crippen molar-refractivity contribution in [1.82, 2.24) is 20.2 Å². The first kappa shape index (κ1) is 16.4. The quantitative estimate of drug-likeness (QED) is 0.830. The number of carbonyl (C=O) groups excluding carboxylic acids is 1. The Labute approximate surface area is 136 Å². The number of piperidine rings is 1. The van der Waals surface area contributed by atoms with Crippen molar-refractivity contribution in [2.45, 2.75) is 44.4 Å². The third-order valence-corrected chi connectivity index (χ3v) is 4.98. The Morgan fingerprint density at radius 1 is 1.57 bits per heavy atom. The lowest BCUT2D eigenvalue weighted by atomic mass is 9.88. The van der Waals surface area contributed by atoms with Crippen molar-refractivity contribution in [3.63, 3.8) is 0 Å². The van der Waals surface area contributed by atoms with Crippen LogP contribution in [0.4, 0.5) is 0 Å². The van der Waals surface area contributed by atoms with Crippen LogP contribution in [-0.2, 0) is 20.8 Å². The number of nitrogens with one attached hydrogen (secondary N) is 2. The molecule has 23 heavy (non-hydrogen) atoms. The molecule has 0 saturated carbocycles. The number of hydrogen-bond donors (Lipinski definition) is 2. The number of imidazole rings is 1. The summed E-state index contributed by atoms with van der Waals surface area (Å²) in [5, 5.41) is 2.57. The van der Waals surface area contributed by atoms with Crippen LogP contribution in [0, 0.1) is 6.92 Å². The number of amides is 1. The molecule has 1 aromatic rings. The molecule has 1 atom stereocenters. The smallest absolute Gasteiger partial charge is 0.245 e. The highest BCUT2D eigenvalue weighted by molar-refractivity contribution is 5.76. The molecule has 2 N–H and O–H groups in total. The van der Waals surface area contributed by atoms with E-state index in [4.69, 9.17) is 9.47 Å². The molecule has 3 rings (SSSR count). The second-order valence-corrected chi connectivity index (χ2v) is 6.55. The zero-order valence-corrected chi connectivity index (χ0v) is 13.9. The Hall–Kier alpha value is -1.44.